The lowest BCUT2D eigenvalue weighted by Crippen LogP contribution is -2.52. The second-order valence-corrected chi connectivity index (χ2v) is 7.74. The second kappa shape index (κ2) is 7.89. The van der Waals surface area contributed by atoms with E-state index in [9.17, 15) is 9.59 Å². The van der Waals surface area contributed by atoms with Crippen molar-refractivity contribution in [3.8, 4) is 0 Å². The number of piperidine rings is 1. The number of carbonyl (C=O) groups excluding carboxylic acids is 2. The van der Waals surface area contributed by atoms with E-state index in [0.29, 0.717) is 19.0 Å². The smallest absolute Gasteiger partial charge is 0.317 e. The highest BCUT2D eigenvalue weighted by Gasteiger charge is 2.35. The van der Waals surface area contributed by atoms with Gasteiger partial charge in [0, 0.05) is 31.6 Å². The van der Waals surface area contributed by atoms with Crippen molar-refractivity contribution in [1.82, 2.24) is 15.5 Å². The van der Waals surface area contributed by atoms with E-state index in [1.54, 1.807) is 0 Å². The third kappa shape index (κ3) is 4.97. The number of rotatable bonds is 5. The molecule has 2 fully saturated rings. The summed E-state index contributed by atoms with van der Waals surface area (Å²) in [4.78, 5) is 26.9. The maximum atomic E-state index is 12.6. The molecule has 0 aromatic heterocycles. The molecular weight excluding hydrogens is 314 g/mol. The fourth-order valence-electron chi connectivity index (χ4n) is 3.47. The number of amides is 3. The van der Waals surface area contributed by atoms with Crippen LogP contribution in [0, 0.1) is 11.8 Å². The molecule has 136 valence electrons. The van der Waals surface area contributed by atoms with Crippen LogP contribution < -0.4 is 10.6 Å². The van der Waals surface area contributed by atoms with E-state index in [2.05, 4.69) is 22.8 Å². The summed E-state index contributed by atoms with van der Waals surface area (Å²) in [6, 6.07) is 10.2. The average molecular weight is 343 g/mol. The van der Waals surface area contributed by atoms with Crippen molar-refractivity contribution in [3.05, 3.63) is 35.9 Å². The normalized spacial score (nSPS) is 23.4. The van der Waals surface area contributed by atoms with Crippen molar-refractivity contribution in [3.63, 3.8) is 0 Å². The van der Waals surface area contributed by atoms with Crippen LogP contribution in [0.3, 0.4) is 0 Å². The third-order valence-corrected chi connectivity index (χ3v) is 5.05. The number of carbonyl (C=O) groups is 2. The van der Waals surface area contributed by atoms with E-state index >= 15 is 0 Å². The molecule has 1 saturated carbocycles. The Labute approximate surface area is 150 Å². The highest BCUT2D eigenvalue weighted by Crippen LogP contribution is 2.31. The number of nitrogens with zero attached hydrogens (tertiary/aromatic N) is 1. The van der Waals surface area contributed by atoms with Crippen LogP contribution in [0.25, 0.3) is 0 Å². The van der Waals surface area contributed by atoms with Crippen LogP contribution in [-0.2, 0) is 4.79 Å². The fraction of sp³-hybridized carbons (Fsp3) is 0.600. The predicted octanol–water partition coefficient (Wildman–Crippen LogP) is 2.74. The summed E-state index contributed by atoms with van der Waals surface area (Å²) in [5.41, 5.74) is 1.20. The molecule has 1 aromatic carbocycles. The lowest BCUT2D eigenvalue weighted by molar-refractivity contribution is -0.126. The zero-order valence-electron chi connectivity index (χ0n) is 15.2. The molecule has 0 spiro atoms. The van der Waals surface area contributed by atoms with Crippen molar-refractivity contribution >= 4 is 11.9 Å². The van der Waals surface area contributed by atoms with Crippen LogP contribution in [0.2, 0.25) is 0 Å². The van der Waals surface area contributed by atoms with E-state index in [1.807, 2.05) is 36.9 Å². The Hall–Kier alpha value is -2.04. The van der Waals surface area contributed by atoms with Crippen molar-refractivity contribution in [2.24, 2.45) is 11.8 Å². The third-order valence-electron chi connectivity index (χ3n) is 5.05. The van der Waals surface area contributed by atoms with Crippen molar-refractivity contribution in [2.45, 2.75) is 45.1 Å². The molecule has 0 radical (unpaired) electrons. The standard InChI is InChI=1S/C20H29N3O2/c1-14(2)22-20(25)23-12-17(16-6-4-3-5-7-16)10-18(13-23)19(24)21-11-15-8-9-15/h3-7,14-15,17-18H,8-13H2,1-2H3,(H,21,24)(H,22,25)/t17-,18+/m0/s1. The molecule has 1 saturated heterocycles. The van der Waals surface area contributed by atoms with Crippen LogP contribution in [0.5, 0.6) is 0 Å². The van der Waals surface area contributed by atoms with E-state index in [0.717, 1.165) is 13.0 Å². The number of urea groups is 1. The monoisotopic (exact) mass is 343 g/mol. The van der Waals surface area contributed by atoms with Gasteiger partial charge in [0.1, 0.15) is 0 Å². The number of hydrogen-bond donors (Lipinski definition) is 2. The molecule has 1 aliphatic heterocycles. The number of nitrogens with one attached hydrogen (secondary N) is 2. The first kappa shape index (κ1) is 17.8. The molecule has 2 aliphatic rings. The zero-order valence-corrected chi connectivity index (χ0v) is 15.2. The molecule has 1 aromatic rings. The average Bonchev–Trinajstić information content (AvgIpc) is 3.44. The predicted molar refractivity (Wildman–Crippen MR) is 98.3 cm³/mol. The molecule has 1 aliphatic carbocycles. The summed E-state index contributed by atoms with van der Waals surface area (Å²) >= 11 is 0. The van der Waals surface area contributed by atoms with Gasteiger partial charge in [-0.25, -0.2) is 4.79 Å². The van der Waals surface area contributed by atoms with Gasteiger partial charge >= 0.3 is 6.03 Å². The van der Waals surface area contributed by atoms with Gasteiger partial charge in [-0.2, -0.15) is 0 Å². The van der Waals surface area contributed by atoms with Gasteiger partial charge < -0.3 is 15.5 Å². The van der Waals surface area contributed by atoms with Crippen molar-refractivity contribution in [1.29, 1.82) is 0 Å². The van der Waals surface area contributed by atoms with Crippen LogP contribution in [0.4, 0.5) is 4.79 Å². The Morgan fingerprint density at radius 2 is 1.88 bits per heavy atom. The molecule has 2 atom stereocenters. The summed E-state index contributed by atoms with van der Waals surface area (Å²) in [6.07, 6.45) is 3.24. The minimum Gasteiger partial charge on any atom is -0.356 e. The molecule has 5 nitrogen and oxygen atoms in total. The van der Waals surface area contributed by atoms with Crippen LogP contribution in [0.15, 0.2) is 30.3 Å². The van der Waals surface area contributed by atoms with Gasteiger partial charge in [-0.3, -0.25) is 4.79 Å². The second-order valence-electron chi connectivity index (χ2n) is 7.74. The molecule has 0 unspecified atom stereocenters. The molecule has 3 amide bonds. The van der Waals surface area contributed by atoms with Gasteiger partial charge in [0.15, 0.2) is 0 Å². The summed E-state index contributed by atoms with van der Waals surface area (Å²) in [5, 5.41) is 6.05. The molecule has 1 heterocycles. The molecule has 2 N–H and O–H groups in total. The number of hydrogen-bond acceptors (Lipinski definition) is 2. The highest BCUT2D eigenvalue weighted by molar-refractivity contribution is 5.81. The first-order valence-corrected chi connectivity index (χ1v) is 9.41. The van der Waals surface area contributed by atoms with E-state index < -0.39 is 0 Å². The molecule has 5 heteroatoms. The van der Waals surface area contributed by atoms with Gasteiger partial charge in [0.2, 0.25) is 5.91 Å². The van der Waals surface area contributed by atoms with Crippen LogP contribution in [0.1, 0.15) is 44.6 Å². The number of benzene rings is 1. The first-order chi connectivity index (χ1) is 12.0. The number of likely N-dealkylation sites (tertiary alicyclic amines) is 1. The lowest BCUT2D eigenvalue weighted by atomic mass is 9.84. The first-order valence-electron chi connectivity index (χ1n) is 9.41. The Kier molecular flexibility index (Phi) is 5.61. The summed E-state index contributed by atoms with van der Waals surface area (Å²) in [6.45, 7) is 5.85. The summed E-state index contributed by atoms with van der Waals surface area (Å²) < 4.78 is 0. The molecule has 0 bridgehead atoms. The lowest BCUT2D eigenvalue weighted by Gasteiger charge is -2.37. The summed E-state index contributed by atoms with van der Waals surface area (Å²) in [5.74, 6) is 0.813. The Balaban J connectivity index is 1.70. The summed E-state index contributed by atoms with van der Waals surface area (Å²) in [7, 11) is 0. The van der Waals surface area contributed by atoms with Crippen LogP contribution in [-0.4, -0.2) is 42.5 Å². The van der Waals surface area contributed by atoms with Gasteiger partial charge in [-0.1, -0.05) is 30.3 Å². The Bertz CT molecular complexity index is 598. The van der Waals surface area contributed by atoms with Gasteiger partial charge in [0.25, 0.3) is 0 Å². The Morgan fingerprint density at radius 1 is 1.16 bits per heavy atom. The Morgan fingerprint density at radius 3 is 2.52 bits per heavy atom. The van der Waals surface area contributed by atoms with E-state index in [1.165, 1.54) is 18.4 Å². The molecule has 25 heavy (non-hydrogen) atoms. The minimum absolute atomic E-state index is 0.0735. The van der Waals surface area contributed by atoms with E-state index in [-0.39, 0.29) is 29.8 Å². The highest BCUT2D eigenvalue weighted by atomic mass is 16.2. The van der Waals surface area contributed by atoms with E-state index in [4.69, 9.17) is 0 Å². The molecule has 3 rings (SSSR count). The van der Waals surface area contributed by atoms with Crippen molar-refractivity contribution in [2.75, 3.05) is 19.6 Å². The SMILES string of the molecule is CC(C)NC(=O)N1C[C@H](C(=O)NCC2CC2)C[C@H](c2ccccc2)C1. The topological polar surface area (TPSA) is 61.4 Å². The van der Waals surface area contributed by atoms with Crippen LogP contribution >= 0.6 is 0 Å². The quantitative estimate of drug-likeness (QED) is 0.863. The van der Waals surface area contributed by atoms with Gasteiger partial charge in [-0.05, 0) is 44.6 Å². The minimum atomic E-state index is -0.143. The maximum absolute atomic E-state index is 12.6. The van der Waals surface area contributed by atoms with Gasteiger partial charge in [0.05, 0.1) is 5.92 Å². The fourth-order valence-corrected chi connectivity index (χ4v) is 3.47. The largest absolute Gasteiger partial charge is 0.356 e. The maximum Gasteiger partial charge on any atom is 0.317 e. The molecular formula is C20H29N3O2. The van der Waals surface area contributed by atoms with Crippen molar-refractivity contribution < 1.29 is 9.59 Å². The zero-order chi connectivity index (χ0) is 17.8. The van der Waals surface area contributed by atoms with Gasteiger partial charge in [-0.15, -0.1) is 0 Å².